The molecule has 2 N–H and O–H groups in total. The lowest BCUT2D eigenvalue weighted by molar-refractivity contribution is 0.994. The zero-order chi connectivity index (χ0) is 18.2. The minimum absolute atomic E-state index is 0.229. The van der Waals surface area contributed by atoms with E-state index in [9.17, 15) is 4.79 Å². The van der Waals surface area contributed by atoms with Crippen LogP contribution in [0.25, 0.3) is 33.4 Å². The molecule has 0 saturated heterocycles. The van der Waals surface area contributed by atoms with Crippen molar-refractivity contribution in [3.8, 4) is 22.4 Å². The first-order valence-electron chi connectivity index (χ1n) is 8.85. The zero-order valence-electron chi connectivity index (χ0n) is 14.5. The molecule has 0 radical (unpaired) electrons. The normalized spacial score (nSPS) is 13.6. The van der Waals surface area contributed by atoms with Gasteiger partial charge in [0, 0.05) is 29.6 Å². The van der Waals surface area contributed by atoms with E-state index in [0.717, 1.165) is 46.5 Å². The summed E-state index contributed by atoms with van der Waals surface area (Å²) in [6.07, 6.45) is 6.98. The van der Waals surface area contributed by atoms with Crippen LogP contribution in [0.3, 0.4) is 0 Å². The van der Waals surface area contributed by atoms with Gasteiger partial charge in [-0.05, 0) is 30.7 Å². The number of nitrogens with zero attached hydrogens (tertiary/aromatic N) is 3. The standard InChI is InChI=1S/C21H17N5O/c27-21-17(16-4-3-5-18-20(16)23-13-22-18)12-19(24-25-21)14-6-8-15(9-7-14)26-10-1-2-11-26/h1,3-10,12-13H,2,11H2,(H,22,23)(H,25,27). The Morgan fingerprint density at radius 3 is 2.74 bits per heavy atom. The summed E-state index contributed by atoms with van der Waals surface area (Å²) < 4.78 is 0. The van der Waals surface area contributed by atoms with Crippen molar-refractivity contribution in [3.05, 3.63) is 77.5 Å². The third-order valence-electron chi connectivity index (χ3n) is 4.86. The van der Waals surface area contributed by atoms with Gasteiger partial charge in [-0.2, -0.15) is 5.10 Å². The SMILES string of the molecule is O=c1[nH]nc(-c2ccc(N3C=CCC3)cc2)cc1-c1cccc2[nH]cnc12. The molecule has 0 bridgehead atoms. The van der Waals surface area contributed by atoms with Gasteiger partial charge in [-0.3, -0.25) is 4.79 Å². The van der Waals surface area contributed by atoms with Crippen molar-refractivity contribution < 1.29 is 0 Å². The van der Waals surface area contributed by atoms with E-state index in [0.29, 0.717) is 5.56 Å². The van der Waals surface area contributed by atoms with Crippen LogP contribution in [0.5, 0.6) is 0 Å². The molecule has 2 aromatic carbocycles. The lowest BCUT2D eigenvalue weighted by Crippen LogP contribution is -2.12. The van der Waals surface area contributed by atoms with Crippen molar-refractivity contribution in [2.24, 2.45) is 0 Å². The number of anilines is 1. The van der Waals surface area contributed by atoms with E-state index in [1.165, 1.54) is 0 Å². The number of benzene rings is 2. The van der Waals surface area contributed by atoms with Gasteiger partial charge in [0.1, 0.15) is 0 Å². The fraction of sp³-hybridized carbons (Fsp3) is 0.0952. The molecule has 6 heteroatoms. The summed E-state index contributed by atoms with van der Waals surface area (Å²) in [5.41, 5.74) is 5.62. The number of nitrogens with one attached hydrogen (secondary N) is 2. The van der Waals surface area contributed by atoms with Crippen molar-refractivity contribution in [1.29, 1.82) is 0 Å². The summed E-state index contributed by atoms with van der Waals surface area (Å²) >= 11 is 0. The van der Waals surface area contributed by atoms with Crippen LogP contribution in [-0.4, -0.2) is 26.7 Å². The number of fused-ring (bicyclic) bond motifs is 1. The van der Waals surface area contributed by atoms with Crippen molar-refractivity contribution in [1.82, 2.24) is 20.2 Å². The second kappa shape index (κ2) is 6.25. The molecule has 2 aromatic heterocycles. The van der Waals surface area contributed by atoms with Gasteiger partial charge in [0.05, 0.1) is 28.6 Å². The Balaban J connectivity index is 1.57. The molecule has 5 rings (SSSR count). The maximum atomic E-state index is 12.4. The quantitative estimate of drug-likeness (QED) is 0.587. The van der Waals surface area contributed by atoms with Gasteiger partial charge < -0.3 is 9.88 Å². The molecule has 3 heterocycles. The average Bonchev–Trinajstić information content (AvgIpc) is 3.40. The van der Waals surface area contributed by atoms with Gasteiger partial charge in [-0.25, -0.2) is 10.1 Å². The minimum Gasteiger partial charge on any atom is -0.348 e. The van der Waals surface area contributed by atoms with Crippen molar-refractivity contribution in [2.75, 3.05) is 11.4 Å². The highest BCUT2D eigenvalue weighted by molar-refractivity contribution is 5.92. The van der Waals surface area contributed by atoms with Crippen LogP contribution in [0.4, 0.5) is 5.69 Å². The van der Waals surface area contributed by atoms with Crippen molar-refractivity contribution >= 4 is 16.7 Å². The Kier molecular flexibility index (Phi) is 3.60. The van der Waals surface area contributed by atoms with Gasteiger partial charge in [0.25, 0.3) is 5.56 Å². The van der Waals surface area contributed by atoms with Crippen molar-refractivity contribution in [2.45, 2.75) is 6.42 Å². The summed E-state index contributed by atoms with van der Waals surface area (Å²) in [7, 11) is 0. The number of para-hydroxylation sites is 1. The highest BCUT2D eigenvalue weighted by Crippen LogP contribution is 2.28. The lowest BCUT2D eigenvalue weighted by Gasteiger charge is -2.15. The molecule has 0 fully saturated rings. The first-order chi connectivity index (χ1) is 13.3. The van der Waals surface area contributed by atoms with Crippen LogP contribution in [0.15, 0.2) is 71.9 Å². The van der Waals surface area contributed by atoms with E-state index in [2.05, 4.69) is 49.5 Å². The Bertz CT molecular complexity index is 1200. The van der Waals surface area contributed by atoms with Crippen molar-refractivity contribution in [3.63, 3.8) is 0 Å². The number of H-pyrrole nitrogens is 2. The minimum atomic E-state index is -0.229. The Labute approximate surface area is 155 Å². The molecule has 132 valence electrons. The first-order valence-corrected chi connectivity index (χ1v) is 8.85. The average molecular weight is 355 g/mol. The summed E-state index contributed by atoms with van der Waals surface area (Å²) in [5.74, 6) is 0. The van der Waals surface area contributed by atoms with Gasteiger partial charge in [-0.15, -0.1) is 0 Å². The monoisotopic (exact) mass is 355 g/mol. The summed E-state index contributed by atoms with van der Waals surface area (Å²) in [4.78, 5) is 22.1. The Hall–Kier alpha value is -3.67. The molecule has 0 spiro atoms. The molecule has 1 aliphatic heterocycles. The molecule has 0 saturated carbocycles. The van der Waals surface area contributed by atoms with Gasteiger partial charge in [0.15, 0.2) is 0 Å². The van der Waals surface area contributed by atoms with Crippen LogP contribution >= 0.6 is 0 Å². The molecular formula is C21H17N5O. The largest absolute Gasteiger partial charge is 0.348 e. The molecular weight excluding hydrogens is 338 g/mol. The third kappa shape index (κ3) is 2.71. The first kappa shape index (κ1) is 15.6. The zero-order valence-corrected chi connectivity index (χ0v) is 14.5. The molecule has 0 atom stereocenters. The molecule has 0 aliphatic carbocycles. The maximum absolute atomic E-state index is 12.4. The predicted molar refractivity (Wildman–Crippen MR) is 106 cm³/mol. The van der Waals surface area contributed by atoms with Gasteiger partial charge in [-0.1, -0.05) is 30.3 Å². The van der Waals surface area contributed by atoms with Crippen LogP contribution in [0.2, 0.25) is 0 Å². The van der Waals surface area contributed by atoms with Crippen LogP contribution < -0.4 is 10.5 Å². The molecule has 27 heavy (non-hydrogen) atoms. The number of imidazole rings is 1. The fourth-order valence-electron chi connectivity index (χ4n) is 3.47. The molecule has 6 nitrogen and oxygen atoms in total. The van der Waals surface area contributed by atoms with E-state index >= 15 is 0 Å². The molecule has 1 aliphatic rings. The highest BCUT2D eigenvalue weighted by Gasteiger charge is 2.13. The summed E-state index contributed by atoms with van der Waals surface area (Å²) in [6, 6.07) is 15.8. The van der Waals surface area contributed by atoms with Crippen LogP contribution in [0.1, 0.15) is 6.42 Å². The third-order valence-corrected chi connectivity index (χ3v) is 4.86. The topological polar surface area (TPSA) is 77.7 Å². The van der Waals surface area contributed by atoms with E-state index in [1.807, 2.05) is 36.4 Å². The Morgan fingerprint density at radius 1 is 1.04 bits per heavy atom. The summed E-state index contributed by atoms with van der Waals surface area (Å²) in [6.45, 7) is 1.01. The second-order valence-electron chi connectivity index (χ2n) is 6.51. The second-order valence-corrected chi connectivity index (χ2v) is 6.51. The Morgan fingerprint density at radius 2 is 1.93 bits per heavy atom. The molecule has 0 unspecified atom stereocenters. The molecule has 4 aromatic rings. The number of hydrogen-bond acceptors (Lipinski definition) is 4. The number of aromatic nitrogens is 4. The smallest absolute Gasteiger partial charge is 0.272 e. The van der Waals surface area contributed by atoms with Crippen LogP contribution in [0, 0.1) is 0 Å². The van der Waals surface area contributed by atoms with E-state index in [-0.39, 0.29) is 5.56 Å². The highest BCUT2D eigenvalue weighted by atomic mass is 16.1. The number of rotatable bonds is 3. The predicted octanol–water partition coefficient (Wildman–Crippen LogP) is 3.70. The van der Waals surface area contributed by atoms with Crippen LogP contribution in [-0.2, 0) is 0 Å². The fourth-order valence-corrected chi connectivity index (χ4v) is 3.47. The number of aromatic amines is 2. The molecule has 0 amide bonds. The summed E-state index contributed by atoms with van der Waals surface area (Å²) in [5, 5.41) is 6.86. The van der Waals surface area contributed by atoms with E-state index in [4.69, 9.17) is 0 Å². The van der Waals surface area contributed by atoms with E-state index < -0.39 is 0 Å². The maximum Gasteiger partial charge on any atom is 0.272 e. The lowest BCUT2D eigenvalue weighted by atomic mass is 10.0. The van der Waals surface area contributed by atoms with Gasteiger partial charge >= 0.3 is 0 Å². The van der Waals surface area contributed by atoms with Gasteiger partial charge in [0.2, 0.25) is 0 Å². The number of hydrogen-bond donors (Lipinski definition) is 2. The van der Waals surface area contributed by atoms with E-state index in [1.54, 1.807) is 6.33 Å².